The van der Waals surface area contributed by atoms with Gasteiger partial charge in [0.25, 0.3) is 0 Å². The fourth-order valence-electron chi connectivity index (χ4n) is 2.70. The molecule has 0 amide bonds. The molecule has 3 rings (SSSR count). The summed E-state index contributed by atoms with van der Waals surface area (Å²) in [5.74, 6) is 0.252. The molecule has 0 saturated carbocycles. The van der Waals surface area contributed by atoms with Gasteiger partial charge in [0.1, 0.15) is 0 Å². The monoisotopic (exact) mass is 460 g/mol. The largest absolute Gasteiger partial charge is 0.404 e. The number of aryl methyl sites for hydroxylation is 1. The molecule has 0 aliphatic carbocycles. The highest BCUT2D eigenvalue weighted by molar-refractivity contribution is 7.98. The van der Waals surface area contributed by atoms with Crippen molar-refractivity contribution in [3.05, 3.63) is 81.0 Å². The van der Waals surface area contributed by atoms with Gasteiger partial charge in [0, 0.05) is 27.6 Å². The summed E-state index contributed by atoms with van der Waals surface area (Å²) in [5.41, 5.74) is 3.14. The summed E-state index contributed by atoms with van der Waals surface area (Å²) in [6.45, 7) is 8.20. The van der Waals surface area contributed by atoms with Gasteiger partial charge in [-0.15, -0.1) is 0 Å². The van der Waals surface area contributed by atoms with E-state index >= 15 is 0 Å². The molecule has 0 fully saturated rings. The van der Waals surface area contributed by atoms with Crippen molar-refractivity contribution >= 4 is 40.9 Å². The van der Waals surface area contributed by atoms with Gasteiger partial charge in [0.15, 0.2) is 5.16 Å². The average molecular weight is 461 g/mol. The van der Waals surface area contributed by atoms with Gasteiger partial charge in [-0.25, -0.2) is 9.78 Å². The number of aromatic nitrogens is 2. The number of carbonyl (C=O) groups is 1. The highest BCUT2D eigenvalue weighted by atomic mass is 35.5. The summed E-state index contributed by atoms with van der Waals surface area (Å²) in [5, 5.41) is 1.66. The number of thioether (sulfide) groups is 1. The fourth-order valence-corrected chi connectivity index (χ4v) is 4.33. The Bertz CT molecular complexity index is 1040. The number of ether oxygens (including phenoxy) is 1. The molecule has 0 bridgehead atoms. The van der Waals surface area contributed by atoms with Crippen molar-refractivity contribution in [2.24, 2.45) is 0 Å². The Kier molecular flexibility index (Phi) is 7.06. The predicted octanol–water partition coefficient (Wildman–Crippen LogP) is 6.90. The Morgan fingerprint density at radius 3 is 2.27 bits per heavy atom. The zero-order valence-electron chi connectivity index (χ0n) is 17.2. The lowest BCUT2D eigenvalue weighted by atomic mass is 9.87. The minimum atomic E-state index is -0.460. The van der Waals surface area contributed by atoms with Gasteiger partial charge in [-0.1, -0.05) is 73.9 Å². The van der Waals surface area contributed by atoms with E-state index in [1.807, 2.05) is 19.1 Å². The molecule has 0 aliphatic rings. The Balaban J connectivity index is 1.72. The molecule has 0 atom stereocenters. The van der Waals surface area contributed by atoms with Crippen LogP contribution in [0.15, 0.2) is 53.7 Å². The van der Waals surface area contributed by atoms with E-state index in [0.29, 0.717) is 32.2 Å². The molecule has 1 aromatic heterocycles. The van der Waals surface area contributed by atoms with E-state index in [0.717, 1.165) is 11.1 Å². The number of benzene rings is 2. The van der Waals surface area contributed by atoms with Crippen LogP contribution in [0.3, 0.4) is 0 Å². The number of rotatable bonds is 5. The number of carbonyl (C=O) groups excluding carboxylic acids is 1. The van der Waals surface area contributed by atoms with Crippen molar-refractivity contribution < 1.29 is 9.53 Å². The summed E-state index contributed by atoms with van der Waals surface area (Å²) in [6, 6.07) is 14.4. The second-order valence-corrected chi connectivity index (χ2v) is 9.59. The summed E-state index contributed by atoms with van der Waals surface area (Å²) in [6.07, 6.45) is 0. The molecule has 3 aromatic rings. The second kappa shape index (κ2) is 9.38. The van der Waals surface area contributed by atoms with Gasteiger partial charge in [-0.05, 0) is 47.7 Å². The number of halogens is 2. The van der Waals surface area contributed by atoms with Crippen LogP contribution in [0.1, 0.15) is 48.0 Å². The maximum Gasteiger partial charge on any atom is 0.344 e. The minimum absolute atomic E-state index is 0.0167. The number of hydrogen-bond acceptors (Lipinski definition) is 5. The average Bonchev–Trinajstić information content (AvgIpc) is 2.66. The molecule has 156 valence electrons. The van der Waals surface area contributed by atoms with Crippen LogP contribution in [-0.4, -0.2) is 15.9 Å². The minimum Gasteiger partial charge on any atom is -0.404 e. The molecular formula is C23H22Cl2N2O2S. The lowest BCUT2D eigenvalue weighted by Gasteiger charge is -2.18. The highest BCUT2D eigenvalue weighted by Gasteiger charge is 2.16. The van der Waals surface area contributed by atoms with Crippen LogP contribution in [0.25, 0.3) is 0 Å². The topological polar surface area (TPSA) is 52.1 Å². The molecule has 0 spiro atoms. The maximum atomic E-state index is 12.5. The number of nitrogens with zero attached hydrogens (tertiary/aromatic N) is 2. The van der Waals surface area contributed by atoms with Crippen LogP contribution < -0.4 is 4.74 Å². The lowest BCUT2D eigenvalue weighted by molar-refractivity contribution is 0.0726. The molecule has 0 saturated heterocycles. The van der Waals surface area contributed by atoms with Crippen molar-refractivity contribution in [1.82, 2.24) is 9.97 Å². The summed E-state index contributed by atoms with van der Waals surface area (Å²) in [4.78, 5) is 21.3. The Morgan fingerprint density at radius 1 is 1.03 bits per heavy atom. The van der Waals surface area contributed by atoms with Crippen LogP contribution in [0.2, 0.25) is 10.0 Å². The van der Waals surface area contributed by atoms with Crippen molar-refractivity contribution in [3.63, 3.8) is 0 Å². The first-order valence-corrected chi connectivity index (χ1v) is 11.1. The van der Waals surface area contributed by atoms with Crippen LogP contribution in [0, 0.1) is 6.92 Å². The van der Waals surface area contributed by atoms with E-state index in [1.54, 1.807) is 36.4 Å². The highest BCUT2D eigenvalue weighted by Crippen LogP contribution is 2.31. The molecule has 1 heterocycles. The van der Waals surface area contributed by atoms with Gasteiger partial charge in [-0.2, -0.15) is 4.98 Å². The standard InChI is InChI=1S/C23H22Cl2N2O2S/c1-14-12-20(29-21(28)15-8-10-16(11-9-15)23(2,3)4)27-22(26-14)30-13-17-18(24)6-5-7-19(17)25/h5-12H,13H2,1-4H3. The molecule has 0 unspecified atom stereocenters. The normalized spacial score (nSPS) is 11.4. The van der Waals surface area contributed by atoms with Crippen LogP contribution in [0.4, 0.5) is 0 Å². The fraction of sp³-hybridized carbons (Fsp3) is 0.261. The maximum absolute atomic E-state index is 12.5. The van der Waals surface area contributed by atoms with Crippen molar-refractivity contribution in [1.29, 1.82) is 0 Å². The Labute approximate surface area is 191 Å². The first-order valence-electron chi connectivity index (χ1n) is 9.37. The quantitative estimate of drug-likeness (QED) is 0.235. The van der Waals surface area contributed by atoms with E-state index in [4.69, 9.17) is 27.9 Å². The van der Waals surface area contributed by atoms with Gasteiger partial charge in [0.2, 0.25) is 5.88 Å². The summed E-state index contributed by atoms with van der Waals surface area (Å²) in [7, 11) is 0. The van der Waals surface area contributed by atoms with Crippen LogP contribution in [0.5, 0.6) is 5.88 Å². The molecule has 30 heavy (non-hydrogen) atoms. The third kappa shape index (κ3) is 5.75. The van der Waals surface area contributed by atoms with Crippen LogP contribution in [-0.2, 0) is 11.2 Å². The molecule has 4 nitrogen and oxygen atoms in total. The van der Waals surface area contributed by atoms with E-state index in [2.05, 4.69) is 30.7 Å². The SMILES string of the molecule is Cc1cc(OC(=O)c2ccc(C(C)(C)C)cc2)nc(SCc2c(Cl)cccc2Cl)n1. The molecule has 7 heteroatoms. The first kappa shape index (κ1) is 22.6. The molecule has 0 N–H and O–H groups in total. The van der Waals surface area contributed by atoms with E-state index in [-0.39, 0.29) is 11.3 Å². The second-order valence-electron chi connectivity index (χ2n) is 7.84. The van der Waals surface area contributed by atoms with Crippen molar-refractivity contribution in [2.45, 2.75) is 44.0 Å². The first-order chi connectivity index (χ1) is 14.1. The van der Waals surface area contributed by atoms with Gasteiger partial charge in [-0.3, -0.25) is 0 Å². The number of hydrogen-bond donors (Lipinski definition) is 0. The van der Waals surface area contributed by atoms with Gasteiger partial charge < -0.3 is 4.74 Å². The molecular weight excluding hydrogens is 439 g/mol. The number of esters is 1. The van der Waals surface area contributed by atoms with E-state index < -0.39 is 5.97 Å². The van der Waals surface area contributed by atoms with Crippen LogP contribution >= 0.6 is 35.0 Å². The van der Waals surface area contributed by atoms with Crippen molar-refractivity contribution in [3.8, 4) is 5.88 Å². The molecule has 0 radical (unpaired) electrons. The Morgan fingerprint density at radius 2 is 1.67 bits per heavy atom. The van der Waals surface area contributed by atoms with Gasteiger partial charge >= 0.3 is 5.97 Å². The predicted molar refractivity (Wildman–Crippen MR) is 123 cm³/mol. The smallest absolute Gasteiger partial charge is 0.344 e. The summed E-state index contributed by atoms with van der Waals surface area (Å²) < 4.78 is 5.49. The lowest BCUT2D eigenvalue weighted by Crippen LogP contribution is -2.13. The molecule has 0 aliphatic heterocycles. The van der Waals surface area contributed by atoms with Gasteiger partial charge in [0.05, 0.1) is 5.56 Å². The third-order valence-corrected chi connectivity index (χ3v) is 5.98. The van der Waals surface area contributed by atoms with Crippen molar-refractivity contribution in [2.75, 3.05) is 0 Å². The zero-order chi connectivity index (χ0) is 21.9. The van der Waals surface area contributed by atoms with E-state index in [9.17, 15) is 4.79 Å². The third-order valence-electron chi connectivity index (χ3n) is 4.40. The molecule has 2 aromatic carbocycles. The zero-order valence-corrected chi connectivity index (χ0v) is 19.5. The summed E-state index contributed by atoms with van der Waals surface area (Å²) >= 11 is 13.8. The Hall–Kier alpha value is -2.08. The van der Waals surface area contributed by atoms with E-state index in [1.165, 1.54) is 11.8 Å².